The van der Waals surface area contributed by atoms with E-state index in [4.69, 9.17) is 0 Å². The van der Waals surface area contributed by atoms with Gasteiger partial charge in [0.25, 0.3) is 0 Å². The van der Waals surface area contributed by atoms with Gasteiger partial charge < -0.3 is 0 Å². The number of hydrogen-bond donors (Lipinski definition) is 0. The summed E-state index contributed by atoms with van der Waals surface area (Å²) >= 11 is 0. The van der Waals surface area contributed by atoms with Crippen molar-refractivity contribution in [3.63, 3.8) is 0 Å². The molecule has 0 saturated heterocycles. The molecular weight excluding hydrogens is 192 g/mol. The third-order valence-electron chi connectivity index (χ3n) is 4.00. The van der Waals surface area contributed by atoms with Crippen molar-refractivity contribution in [2.45, 2.75) is 47.5 Å². The average molecular weight is 214 g/mol. The van der Waals surface area contributed by atoms with Gasteiger partial charge in [-0.2, -0.15) is 0 Å². The zero-order chi connectivity index (χ0) is 11.9. The summed E-state index contributed by atoms with van der Waals surface area (Å²) in [6.45, 7) is 11.4. The molecule has 0 heteroatoms. The highest BCUT2D eigenvalue weighted by molar-refractivity contribution is 5.65. The maximum Gasteiger partial charge on any atom is 0.0154 e. The van der Waals surface area contributed by atoms with Crippen molar-refractivity contribution < 1.29 is 0 Å². The predicted molar refractivity (Wildman–Crippen MR) is 71.3 cm³/mol. The van der Waals surface area contributed by atoms with E-state index in [0.717, 1.165) is 0 Å². The van der Waals surface area contributed by atoms with Crippen LogP contribution < -0.4 is 0 Å². The zero-order valence-electron chi connectivity index (χ0n) is 11.1. The second kappa shape index (κ2) is 3.76. The van der Waals surface area contributed by atoms with Gasteiger partial charge >= 0.3 is 0 Å². The lowest BCUT2D eigenvalue weighted by atomic mass is 9.76. The minimum atomic E-state index is 0.201. The number of fused-ring (bicyclic) bond motifs is 1. The third-order valence-corrected chi connectivity index (χ3v) is 4.00. The standard InChI is InChI=1S/C16H22/c1-6-8-14-12(3)13-10-7-9-11(2)15(13)16(14,4)5/h6,8,10H,7,9H2,1-5H3/b8-6-. The van der Waals surface area contributed by atoms with E-state index >= 15 is 0 Å². The van der Waals surface area contributed by atoms with Crippen LogP contribution in [0.1, 0.15) is 47.5 Å². The average Bonchev–Trinajstić information content (AvgIpc) is 2.41. The summed E-state index contributed by atoms with van der Waals surface area (Å²) < 4.78 is 0. The molecule has 2 aliphatic rings. The molecule has 2 aliphatic carbocycles. The second-order valence-electron chi connectivity index (χ2n) is 5.48. The van der Waals surface area contributed by atoms with Gasteiger partial charge in [0.05, 0.1) is 0 Å². The second-order valence-corrected chi connectivity index (χ2v) is 5.48. The first-order valence-electron chi connectivity index (χ1n) is 6.25. The van der Waals surface area contributed by atoms with Crippen LogP contribution in [0.3, 0.4) is 0 Å². The van der Waals surface area contributed by atoms with E-state index in [1.165, 1.54) is 29.6 Å². The molecule has 0 nitrogen and oxygen atoms in total. The van der Waals surface area contributed by atoms with Gasteiger partial charge in [-0.05, 0) is 55.9 Å². The van der Waals surface area contributed by atoms with Crippen LogP contribution >= 0.6 is 0 Å². The summed E-state index contributed by atoms with van der Waals surface area (Å²) in [4.78, 5) is 0. The molecule has 0 unspecified atom stereocenters. The highest BCUT2D eigenvalue weighted by atomic mass is 14.4. The summed E-state index contributed by atoms with van der Waals surface area (Å²) in [5.74, 6) is 0. The van der Waals surface area contributed by atoms with Crippen LogP contribution in [-0.2, 0) is 0 Å². The van der Waals surface area contributed by atoms with Crippen molar-refractivity contribution >= 4 is 0 Å². The molecule has 0 aliphatic heterocycles. The summed E-state index contributed by atoms with van der Waals surface area (Å²) in [5.41, 5.74) is 7.87. The Morgan fingerprint density at radius 1 is 1.25 bits per heavy atom. The highest BCUT2D eigenvalue weighted by Crippen LogP contribution is 2.53. The van der Waals surface area contributed by atoms with Crippen LogP contribution in [0.15, 0.2) is 46.1 Å². The Hall–Kier alpha value is -1.04. The topological polar surface area (TPSA) is 0 Å². The molecule has 0 heterocycles. The normalized spacial score (nSPS) is 24.2. The SMILES string of the molecule is C/C=C\C1=C(C)C2=CCCC(C)=C2C1(C)C. The van der Waals surface area contributed by atoms with Gasteiger partial charge in [0.1, 0.15) is 0 Å². The largest absolute Gasteiger partial charge is 0.0873 e. The van der Waals surface area contributed by atoms with Crippen LogP contribution in [0.4, 0.5) is 0 Å². The fourth-order valence-electron chi connectivity index (χ4n) is 3.35. The Morgan fingerprint density at radius 3 is 2.50 bits per heavy atom. The van der Waals surface area contributed by atoms with E-state index in [9.17, 15) is 0 Å². The molecule has 0 atom stereocenters. The zero-order valence-corrected chi connectivity index (χ0v) is 11.1. The lowest BCUT2D eigenvalue weighted by Gasteiger charge is -2.27. The maximum absolute atomic E-state index is 2.43. The first kappa shape index (κ1) is 11.4. The summed E-state index contributed by atoms with van der Waals surface area (Å²) in [6.07, 6.45) is 9.32. The summed E-state index contributed by atoms with van der Waals surface area (Å²) in [6, 6.07) is 0. The van der Waals surface area contributed by atoms with Gasteiger partial charge in [-0.3, -0.25) is 0 Å². The minimum Gasteiger partial charge on any atom is -0.0873 e. The molecular formula is C16H22. The fraction of sp³-hybridized carbons (Fsp3) is 0.500. The van der Waals surface area contributed by atoms with Crippen molar-refractivity contribution in [3.8, 4) is 0 Å². The van der Waals surface area contributed by atoms with Gasteiger partial charge in [0, 0.05) is 5.41 Å². The number of hydrogen-bond acceptors (Lipinski definition) is 0. The molecule has 0 saturated carbocycles. The van der Waals surface area contributed by atoms with Crippen LogP contribution in [-0.4, -0.2) is 0 Å². The summed E-state index contributed by atoms with van der Waals surface area (Å²) in [7, 11) is 0. The lowest BCUT2D eigenvalue weighted by Crippen LogP contribution is -2.15. The van der Waals surface area contributed by atoms with E-state index in [0.29, 0.717) is 0 Å². The Bertz CT molecular complexity index is 437. The molecule has 0 N–H and O–H groups in total. The molecule has 0 aromatic heterocycles. The minimum absolute atomic E-state index is 0.201. The molecule has 0 radical (unpaired) electrons. The highest BCUT2D eigenvalue weighted by Gasteiger charge is 2.39. The first-order valence-corrected chi connectivity index (χ1v) is 6.25. The molecule has 0 aromatic rings. The van der Waals surface area contributed by atoms with Crippen molar-refractivity contribution in [3.05, 3.63) is 46.1 Å². The van der Waals surface area contributed by atoms with E-state index in [1.54, 1.807) is 11.1 Å². The molecule has 86 valence electrons. The number of allylic oxidation sites excluding steroid dienone is 8. The Kier molecular flexibility index (Phi) is 2.69. The molecule has 0 amide bonds. The Balaban J connectivity index is 2.65. The molecule has 0 bridgehead atoms. The quantitative estimate of drug-likeness (QED) is 0.579. The van der Waals surface area contributed by atoms with Gasteiger partial charge in [0.15, 0.2) is 0 Å². The Morgan fingerprint density at radius 2 is 1.94 bits per heavy atom. The van der Waals surface area contributed by atoms with E-state index in [1.807, 2.05) is 0 Å². The maximum atomic E-state index is 2.43. The molecule has 0 fully saturated rings. The molecule has 2 rings (SSSR count). The Labute approximate surface area is 99.4 Å². The molecule has 0 aromatic carbocycles. The van der Waals surface area contributed by atoms with Crippen molar-refractivity contribution in [1.29, 1.82) is 0 Å². The van der Waals surface area contributed by atoms with E-state index < -0.39 is 0 Å². The van der Waals surface area contributed by atoms with Crippen molar-refractivity contribution in [2.24, 2.45) is 5.41 Å². The van der Waals surface area contributed by atoms with Gasteiger partial charge in [-0.25, -0.2) is 0 Å². The third kappa shape index (κ3) is 1.43. The van der Waals surface area contributed by atoms with Gasteiger partial charge in [0.2, 0.25) is 0 Å². The summed E-state index contributed by atoms with van der Waals surface area (Å²) in [5, 5.41) is 0. The van der Waals surface area contributed by atoms with Crippen molar-refractivity contribution in [1.82, 2.24) is 0 Å². The van der Waals surface area contributed by atoms with E-state index in [2.05, 4.69) is 52.8 Å². The monoisotopic (exact) mass is 214 g/mol. The fourth-order valence-corrected chi connectivity index (χ4v) is 3.35. The smallest absolute Gasteiger partial charge is 0.0154 e. The van der Waals surface area contributed by atoms with E-state index in [-0.39, 0.29) is 5.41 Å². The van der Waals surface area contributed by atoms with Crippen LogP contribution in [0.25, 0.3) is 0 Å². The predicted octanol–water partition coefficient (Wildman–Crippen LogP) is 4.96. The molecule has 16 heavy (non-hydrogen) atoms. The van der Waals surface area contributed by atoms with Gasteiger partial charge in [-0.15, -0.1) is 0 Å². The molecule has 0 spiro atoms. The van der Waals surface area contributed by atoms with Crippen LogP contribution in [0.2, 0.25) is 0 Å². The van der Waals surface area contributed by atoms with Crippen LogP contribution in [0, 0.1) is 5.41 Å². The first-order chi connectivity index (χ1) is 7.50. The van der Waals surface area contributed by atoms with Crippen LogP contribution in [0.5, 0.6) is 0 Å². The van der Waals surface area contributed by atoms with Gasteiger partial charge in [-0.1, -0.05) is 37.6 Å². The lowest BCUT2D eigenvalue weighted by molar-refractivity contribution is 0.565. The van der Waals surface area contributed by atoms with Crippen molar-refractivity contribution in [2.75, 3.05) is 0 Å². The number of rotatable bonds is 1.